The average Bonchev–Trinajstić information content (AvgIpc) is 2.66. The van der Waals surface area contributed by atoms with E-state index < -0.39 is 0 Å². The Morgan fingerprint density at radius 3 is 1.48 bits per heavy atom. The molecule has 1 aliphatic rings. The van der Waals surface area contributed by atoms with Gasteiger partial charge in [0.15, 0.2) is 28.8 Å². The number of benzene rings is 2. The highest BCUT2D eigenvalue weighted by Gasteiger charge is 2.20. The van der Waals surface area contributed by atoms with Crippen molar-refractivity contribution in [1.29, 1.82) is 0 Å². The van der Waals surface area contributed by atoms with Crippen molar-refractivity contribution >= 4 is 17.9 Å². The summed E-state index contributed by atoms with van der Waals surface area (Å²) in [5.74, 6) is -0.943. The molecule has 0 heterocycles. The van der Waals surface area contributed by atoms with E-state index in [4.69, 9.17) is 0 Å². The molecule has 0 atom stereocenters. The monoisotopic (exact) mass is 368 g/mol. The number of phenolic OH excluding ortho intramolecular Hbond substituents is 4. The van der Waals surface area contributed by atoms with Gasteiger partial charge >= 0.3 is 0 Å². The van der Waals surface area contributed by atoms with Crippen LogP contribution in [0.15, 0.2) is 47.5 Å². The third-order valence-electron chi connectivity index (χ3n) is 4.16. The number of Topliss-reactive ketones (excluding diaryl/α,β-unsaturated/α-hetero) is 1. The topological polar surface area (TPSA) is 98.0 Å². The Bertz CT molecular complexity index is 822. The molecule has 0 radical (unpaired) electrons. The van der Waals surface area contributed by atoms with Crippen LogP contribution in [0.2, 0.25) is 0 Å². The second-order valence-electron chi connectivity index (χ2n) is 6.02. The largest absolute Gasteiger partial charge is 0.504 e. The predicted molar refractivity (Wildman–Crippen MR) is 106 cm³/mol. The lowest BCUT2D eigenvalue weighted by Gasteiger charge is -2.16. The number of phenols is 4. The molecule has 27 heavy (non-hydrogen) atoms. The maximum atomic E-state index is 12.7. The lowest BCUT2D eigenvalue weighted by atomic mass is 9.87. The minimum atomic E-state index is -0.229. The number of ketones is 1. The van der Waals surface area contributed by atoms with Gasteiger partial charge in [-0.3, -0.25) is 4.79 Å². The van der Waals surface area contributed by atoms with Gasteiger partial charge in [0.1, 0.15) is 0 Å². The normalized spacial score (nSPS) is 16.9. The smallest absolute Gasteiger partial charge is 0.185 e. The first-order chi connectivity index (χ1) is 12.9. The van der Waals surface area contributed by atoms with E-state index in [1.807, 2.05) is 13.8 Å². The summed E-state index contributed by atoms with van der Waals surface area (Å²) in [5, 5.41) is 37.9. The van der Waals surface area contributed by atoms with Crippen LogP contribution in [0.3, 0.4) is 0 Å². The van der Waals surface area contributed by atoms with Gasteiger partial charge in [-0.2, -0.15) is 0 Å². The van der Waals surface area contributed by atoms with Crippen molar-refractivity contribution in [3.05, 3.63) is 58.7 Å². The zero-order chi connectivity index (χ0) is 20.0. The van der Waals surface area contributed by atoms with Crippen molar-refractivity contribution in [3.8, 4) is 23.0 Å². The van der Waals surface area contributed by atoms with Crippen molar-refractivity contribution in [2.75, 3.05) is 0 Å². The molecule has 0 aliphatic heterocycles. The van der Waals surface area contributed by atoms with Crippen LogP contribution in [0.25, 0.3) is 12.2 Å². The summed E-state index contributed by atoms with van der Waals surface area (Å²) in [7, 11) is 0. The number of rotatable bonds is 2. The van der Waals surface area contributed by atoms with Gasteiger partial charge in [0.2, 0.25) is 0 Å². The highest BCUT2D eigenvalue weighted by molar-refractivity contribution is 6.14. The first kappa shape index (κ1) is 20.1. The van der Waals surface area contributed by atoms with Crippen molar-refractivity contribution < 1.29 is 25.2 Å². The number of hydrogen-bond donors (Lipinski definition) is 4. The summed E-state index contributed by atoms with van der Waals surface area (Å²) in [6.45, 7) is 4.00. The van der Waals surface area contributed by atoms with E-state index in [2.05, 4.69) is 0 Å². The fourth-order valence-corrected chi connectivity index (χ4v) is 2.84. The highest BCUT2D eigenvalue weighted by Crippen LogP contribution is 2.32. The number of aromatic hydroxyl groups is 4. The Kier molecular flexibility index (Phi) is 6.66. The van der Waals surface area contributed by atoms with E-state index >= 15 is 0 Å². The Morgan fingerprint density at radius 2 is 1.11 bits per heavy atom. The Labute approximate surface area is 158 Å². The number of carbonyl (C=O) groups excluding carboxylic acids is 1. The molecule has 0 spiro atoms. The van der Waals surface area contributed by atoms with Crippen LogP contribution in [0.5, 0.6) is 23.0 Å². The third kappa shape index (κ3) is 4.91. The zero-order valence-electron chi connectivity index (χ0n) is 15.4. The van der Waals surface area contributed by atoms with Gasteiger partial charge in [-0.1, -0.05) is 26.0 Å². The molecule has 142 valence electrons. The van der Waals surface area contributed by atoms with Gasteiger partial charge in [0, 0.05) is 11.1 Å². The predicted octanol–water partition coefficient (Wildman–Crippen LogP) is 4.76. The molecular weight excluding hydrogens is 344 g/mol. The molecule has 0 bridgehead atoms. The molecule has 5 heteroatoms. The number of hydrogen-bond acceptors (Lipinski definition) is 5. The first-order valence-corrected chi connectivity index (χ1v) is 8.94. The summed E-state index contributed by atoms with van der Waals surface area (Å²) >= 11 is 0. The Balaban J connectivity index is 0.00000126. The van der Waals surface area contributed by atoms with Gasteiger partial charge in [-0.25, -0.2) is 0 Å². The van der Waals surface area contributed by atoms with Gasteiger partial charge in [-0.15, -0.1) is 0 Å². The molecule has 0 saturated heterocycles. The van der Waals surface area contributed by atoms with Crippen LogP contribution in [0.1, 0.15) is 44.2 Å². The summed E-state index contributed by atoms with van der Waals surface area (Å²) < 4.78 is 0. The van der Waals surface area contributed by atoms with Crippen molar-refractivity contribution in [1.82, 2.24) is 0 Å². The van der Waals surface area contributed by atoms with Crippen LogP contribution in [-0.4, -0.2) is 26.2 Å². The van der Waals surface area contributed by atoms with E-state index in [9.17, 15) is 25.2 Å². The second-order valence-corrected chi connectivity index (χ2v) is 6.02. The molecule has 0 aromatic heterocycles. The molecule has 2 aromatic carbocycles. The molecule has 5 nitrogen and oxygen atoms in total. The van der Waals surface area contributed by atoms with Crippen molar-refractivity contribution in [2.24, 2.45) is 0 Å². The summed E-state index contributed by atoms with van der Waals surface area (Å²) in [4.78, 5) is 12.7. The molecule has 0 unspecified atom stereocenters. The van der Waals surface area contributed by atoms with E-state index in [0.29, 0.717) is 35.1 Å². The summed E-state index contributed by atoms with van der Waals surface area (Å²) in [6.07, 6.45) is 5.51. The second kappa shape index (κ2) is 8.94. The first-order valence-electron chi connectivity index (χ1n) is 8.94. The third-order valence-corrected chi connectivity index (χ3v) is 4.16. The van der Waals surface area contributed by atoms with Gasteiger partial charge < -0.3 is 20.4 Å². The molecule has 3 rings (SSSR count). The number of allylic oxidation sites excluding steroid dienone is 2. The molecule has 1 saturated carbocycles. The molecule has 0 amide bonds. The summed E-state index contributed by atoms with van der Waals surface area (Å²) in [5.41, 5.74) is 2.54. The Morgan fingerprint density at radius 1 is 0.704 bits per heavy atom. The zero-order valence-corrected chi connectivity index (χ0v) is 15.4. The standard InChI is InChI=1S/C20H18O5.C2H6/c21-16-6-4-12(10-18(16)23)8-14-2-1-3-15(20(14)25)9-13-5-7-17(22)19(24)11-13;1-2/h4-11,21-24H,1-3H2;1-2H3/b14-8+,15-9+;. The lowest BCUT2D eigenvalue weighted by molar-refractivity contribution is -0.112. The Hall–Kier alpha value is -3.21. The average molecular weight is 368 g/mol. The molecular formula is C22H24O5. The molecule has 4 N–H and O–H groups in total. The SMILES string of the molecule is CC.O=C1/C(=C/c2ccc(O)c(O)c2)CCC/C1=C\c1ccc(O)c(O)c1. The van der Waals surface area contributed by atoms with Crippen LogP contribution >= 0.6 is 0 Å². The van der Waals surface area contributed by atoms with Gasteiger partial charge in [0.25, 0.3) is 0 Å². The van der Waals surface area contributed by atoms with Crippen LogP contribution < -0.4 is 0 Å². The van der Waals surface area contributed by atoms with Crippen LogP contribution in [0, 0.1) is 0 Å². The summed E-state index contributed by atoms with van der Waals surface area (Å²) in [6, 6.07) is 8.84. The highest BCUT2D eigenvalue weighted by atomic mass is 16.3. The lowest BCUT2D eigenvalue weighted by Crippen LogP contribution is -2.12. The number of carbonyl (C=O) groups is 1. The van der Waals surface area contributed by atoms with Gasteiger partial charge in [-0.05, 0) is 66.8 Å². The fraction of sp³-hybridized carbons (Fsp3) is 0.227. The quantitative estimate of drug-likeness (QED) is 0.453. The molecule has 1 fully saturated rings. The van der Waals surface area contributed by atoms with Crippen molar-refractivity contribution in [2.45, 2.75) is 33.1 Å². The minimum Gasteiger partial charge on any atom is -0.504 e. The van der Waals surface area contributed by atoms with Crippen molar-refractivity contribution in [3.63, 3.8) is 0 Å². The van der Waals surface area contributed by atoms with E-state index in [0.717, 1.165) is 6.42 Å². The van der Waals surface area contributed by atoms with E-state index in [1.54, 1.807) is 24.3 Å². The van der Waals surface area contributed by atoms with E-state index in [1.165, 1.54) is 24.3 Å². The van der Waals surface area contributed by atoms with E-state index in [-0.39, 0.29) is 28.8 Å². The maximum Gasteiger partial charge on any atom is 0.185 e. The molecule has 1 aliphatic carbocycles. The van der Waals surface area contributed by atoms with Gasteiger partial charge in [0.05, 0.1) is 0 Å². The maximum absolute atomic E-state index is 12.7. The molecule has 2 aromatic rings. The van der Waals surface area contributed by atoms with Crippen LogP contribution in [0.4, 0.5) is 0 Å². The fourth-order valence-electron chi connectivity index (χ4n) is 2.84. The minimum absolute atomic E-state index is 0.0774. The van der Waals surface area contributed by atoms with Crippen LogP contribution in [-0.2, 0) is 4.79 Å².